The van der Waals surface area contributed by atoms with Crippen LogP contribution in [0.5, 0.6) is 0 Å². The predicted molar refractivity (Wildman–Crippen MR) is 68.7 cm³/mol. The number of hydrogen-bond donors (Lipinski definition) is 1. The molecule has 1 heterocycles. The van der Waals surface area contributed by atoms with E-state index in [0.29, 0.717) is 15.8 Å². The first-order valence-corrected chi connectivity index (χ1v) is 6.17. The van der Waals surface area contributed by atoms with Crippen LogP contribution in [0, 0.1) is 5.82 Å². The molecule has 1 unspecified atom stereocenters. The van der Waals surface area contributed by atoms with E-state index in [1.807, 2.05) is 0 Å². The molecule has 0 aliphatic heterocycles. The zero-order chi connectivity index (χ0) is 12.4. The second-order valence-corrected chi connectivity index (χ2v) is 4.73. The lowest BCUT2D eigenvalue weighted by atomic mass is 10.0. The third kappa shape index (κ3) is 2.54. The van der Waals surface area contributed by atoms with Crippen LogP contribution in [0.3, 0.4) is 0 Å². The van der Waals surface area contributed by atoms with Crippen molar-refractivity contribution in [1.82, 2.24) is 5.32 Å². The van der Waals surface area contributed by atoms with E-state index < -0.39 is 0 Å². The van der Waals surface area contributed by atoms with Crippen LogP contribution >= 0.6 is 27.5 Å². The molecule has 0 saturated carbocycles. The van der Waals surface area contributed by atoms with Crippen LogP contribution in [0.4, 0.5) is 4.39 Å². The summed E-state index contributed by atoms with van der Waals surface area (Å²) in [4.78, 5) is 0. The Morgan fingerprint density at radius 2 is 2.12 bits per heavy atom. The molecule has 0 aliphatic rings. The zero-order valence-electron chi connectivity index (χ0n) is 9.01. The van der Waals surface area contributed by atoms with E-state index in [0.717, 1.165) is 0 Å². The van der Waals surface area contributed by atoms with E-state index in [-0.39, 0.29) is 17.1 Å². The normalized spacial score (nSPS) is 12.7. The van der Waals surface area contributed by atoms with Gasteiger partial charge in [-0.15, -0.1) is 0 Å². The summed E-state index contributed by atoms with van der Waals surface area (Å²) in [7, 11) is 1.74. The van der Waals surface area contributed by atoms with Gasteiger partial charge in [-0.05, 0) is 52.8 Å². The Labute approximate surface area is 112 Å². The summed E-state index contributed by atoms with van der Waals surface area (Å²) >= 11 is 8.88. The van der Waals surface area contributed by atoms with Gasteiger partial charge in [-0.2, -0.15) is 0 Å². The largest absolute Gasteiger partial charge is 0.448 e. The number of rotatable bonds is 3. The maximum atomic E-state index is 14.0. The van der Waals surface area contributed by atoms with Crippen LogP contribution in [-0.4, -0.2) is 7.05 Å². The first-order valence-electron chi connectivity index (χ1n) is 5.00. The second-order valence-electron chi connectivity index (χ2n) is 3.51. The van der Waals surface area contributed by atoms with Crippen molar-refractivity contribution >= 4 is 27.5 Å². The van der Waals surface area contributed by atoms with Crippen LogP contribution in [0.2, 0.25) is 5.22 Å². The van der Waals surface area contributed by atoms with E-state index in [4.69, 9.17) is 16.0 Å². The van der Waals surface area contributed by atoms with Crippen LogP contribution < -0.4 is 5.32 Å². The lowest BCUT2D eigenvalue weighted by Crippen LogP contribution is -2.18. The molecule has 0 fully saturated rings. The molecule has 2 nitrogen and oxygen atoms in total. The highest BCUT2D eigenvalue weighted by atomic mass is 79.9. The van der Waals surface area contributed by atoms with Gasteiger partial charge < -0.3 is 9.73 Å². The number of hydrogen-bond acceptors (Lipinski definition) is 2. The van der Waals surface area contributed by atoms with Crippen molar-refractivity contribution in [3.05, 3.63) is 57.2 Å². The molecule has 0 bridgehead atoms. The van der Waals surface area contributed by atoms with Crippen molar-refractivity contribution in [3.63, 3.8) is 0 Å². The molecular formula is C12H10BrClFNO. The van der Waals surface area contributed by atoms with Gasteiger partial charge in [-0.3, -0.25) is 0 Å². The van der Waals surface area contributed by atoms with Crippen molar-refractivity contribution < 1.29 is 8.81 Å². The van der Waals surface area contributed by atoms with Gasteiger partial charge in [0.2, 0.25) is 0 Å². The maximum absolute atomic E-state index is 14.0. The molecule has 0 saturated heterocycles. The van der Waals surface area contributed by atoms with Gasteiger partial charge in [0.1, 0.15) is 11.6 Å². The molecule has 0 radical (unpaired) electrons. The third-order valence-electron chi connectivity index (χ3n) is 2.46. The Morgan fingerprint density at radius 3 is 2.71 bits per heavy atom. The molecule has 0 amide bonds. The Bertz CT molecular complexity index is 529. The van der Waals surface area contributed by atoms with Gasteiger partial charge in [0.05, 0.1) is 10.5 Å². The number of furan rings is 1. The maximum Gasteiger partial charge on any atom is 0.193 e. The summed E-state index contributed by atoms with van der Waals surface area (Å²) in [6.45, 7) is 0. The third-order valence-corrected chi connectivity index (χ3v) is 3.28. The number of nitrogens with one attached hydrogen (secondary N) is 1. The summed E-state index contributed by atoms with van der Waals surface area (Å²) in [6, 6.07) is 8.14. The first kappa shape index (κ1) is 12.6. The van der Waals surface area contributed by atoms with Crippen molar-refractivity contribution in [1.29, 1.82) is 0 Å². The molecule has 2 aromatic rings. The van der Waals surface area contributed by atoms with Gasteiger partial charge >= 0.3 is 0 Å². The molecule has 1 aromatic carbocycles. The SMILES string of the molecule is CNC(c1ccc(Cl)o1)c1cccc(Br)c1F. The minimum absolute atomic E-state index is 0.288. The molecule has 90 valence electrons. The van der Waals surface area contributed by atoms with Crippen molar-refractivity contribution in [2.45, 2.75) is 6.04 Å². The predicted octanol–water partition coefficient (Wildman–Crippen LogP) is 4.14. The fourth-order valence-electron chi connectivity index (χ4n) is 1.68. The molecule has 17 heavy (non-hydrogen) atoms. The van der Waals surface area contributed by atoms with Gasteiger partial charge in [0, 0.05) is 5.56 Å². The second kappa shape index (κ2) is 5.21. The molecule has 5 heteroatoms. The summed E-state index contributed by atoms with van der Waals surface area (Å²) in [5.41, 5.74) is 0.507. The zero-order valence-corrected chi connectivity index (χ0v) is 11.3. The topological polar surface area (TPSA) is 25.2 Å². The Kier molecular flexibility index (Phi) is 3.86. The smallest absolute Gasteiger partial charge is 0.193 e. The summed E-state index contributed by atoms with van der Waals surface area (Å²) < 4.78 is 19.7. The van der Waals surface area contributed by atoms with Gasteiger partial charge in [0.25, 0.3) is 0 Å². The van der Waals surface area contributed by atoms with E-state index >= 15 is 0 Å². The minimum Gasteiger partial charge on any atom is -0.448 e. The Balaban J connectivity index is 2.45. The molecule has 1 aromatic heterocycles. The molecular weight excluding hydrogens is 308 g/mol. The van der Waals surface area contributed by atoms with Crippen molar-refractivity contribution in [2.24, 2.45) is 0 Å². The minimum atomic E-state index is -0.361. The fraction of sp³-hybridized carbons (Fsp3) is 0.167. The van der Waals surface area contributed by atoms with Gasteiger partial charge in [0.15, 0.2) is 5.22 Å². The summed E-state index contributed by atoms with van der Waals surface area (Å²) in [6.07, 6.45) is 0. The molecule has 0 aliphatic carbocycles. The van der Waals surface area contributed by atoms with Gasteiger partial charge in [-0.25, -0.2) is 4.39 Å². The highest BCUT2D eigenvalue weighted by Gasteiger charge is 2.20. The highest BCUT2D eigenvalue weighted by Crippen LogP contribution is 2.30. The highest BCUT2D eigenvalue weighted by molar-refractivity contribution is 9.10. The van der Waals surface area contributed by atoms with E-state index in [1.54, 1.807) is 37.4 Å². The van der Waals surface area contributed by atoms with E-state index in [9.17, 15) is 4.39 Å². The molecule has 1 atom stereocenters. The molecule has 0 spiro atoms. The first-order chi connectivity index (χ1) is 8.13. The lowest BCUT2D eigenvalue weighted by Gasteiger charge is -2.15. The lowest BCUT2D eigenvalue weighted by molar-refractivity contribution is 0.453. The summed E-state index contributed by atoms with van der Waals surface area (Å²) in [5.74, 6) is 0.272. The standard InChI is InChI=1S/C12H10BrClFNO/c1-16-12(9-5-6-10(14)17-9)7-3-2-4-8(13)11(7)15/h2-6,12,16H,1H3. The van der Waals surface area contributed by atoms with Gasteiger partial charge in [-0.1, -0.05) is 12.1 Å². The Morgan fingerprint density at radius 1 is 1.35 bits per heavy atom. The average Bonchev–Trinajstić information content (AvgIpc) is 2.72. The molecule has 2 rings (SSSR count). The van der Waals surface area contributed by atoms with Crippen molar-refractivity contribution in [2.75, 3.05) is 7.05 Å². The van der Waals surface area contributed by atoms with Crippen LogP contribution in [0.1, 0.15) is 17.4 Å². The Hall–Kier alpha value is -0.840. The quantitative estimate of drug-likeness (QED) is 0.920. The van der Waals surface area contributed by atoms with E-state index in [2.05, 4.69) is 21.2 Å². The van der Waals surface area contributed by atoms with E-state index in [1.165, 1.54) is 0 Å². The number of halogens is 3. The summed E-state index contributed by atoms with van der Waals surface area (Å²) in [5, 5.41) is 3.29. The fourth-order valence-corrected chi connectivity index (χ4v) is 2.21. The van der Waals surface area contributed by atoms with Crippen molar-refractivity contribution in [3.8, 4) is 0 Å². The molecule has 1 N–H and O–H groups in total. The monoisotopic (exact) mass is 317 g/mol. The van der Waals surface area contributed by atoms with Crippen LogP contribution in [0.15, 0.2) is 39.2 Å². The average molecular weight is 319 g/mol. The van der Waals surface area contributed by atoms with Crippen LogP contribution in [0.25, 0.3) is 0 Å². The number of benzene rings is 1. The van der Waals surface area contributed by atoms with Crippen LogP contribution in [-0.2, 0) is 0 Å².